The highest BCUT2D eigenvalue weighted by Crippen LogP contribution is 2.20. The van der Waals surface area contributed by atoms with Gasteiger partial charge in [0.25, 0.3) is 0 Å². The van der Waals surface area contributed by atoms with Gasteiger partial charge in [-0.25, -0.2) is 4.98 Å². The molecular weight excluding hydrogens is 186 g/mol. The molecule has 1 nitrogen and oxygen atoms in total. The first-order valence-electron chi connectivity index (χ1n) is 3.02. The van der Waals surface area contributed by atoms with E-state index in [1.54, 1.807) is 23.1 Å². The summed E-state index contributed by atoms with van der Waals surface area (Å²) in [6.45, 7) is 0. The minimum Gasteiger partial charge on any atom is -0.238 e. The third-order valence-corrected chi connectivity index (χ3v) is 3.23. The Morgan fingerprint density at radius 2 is 2.60 bits per heavy atom. The Morgan fingerprint density at radius 1 is 1.70 bits per heavy atom. The lowest BCUT2D eigenvalue weighted by molar-refractivity contribution is 1.11. The van der Waals surface area contributed by atoms with Gasteiger partial charge in [-0.15, -0.1) is 22.9 Å². The predicted molar refractivity (Wildman–Crippen MR) is 48.2 cm³/mol. The summed E-state index contributed by atoms with van der Waals surface area (Å²) in [5, 5.41) is 1.99. The molecule has 0 saturated carbocycles. The van der Waals surface area contributed by atoms with Gasteiger partial charge in [0.1, 0.15) is 4.34 Å². The highest BCUT2D eigenvalue weighted by molar-refractivity contribution is 8.00. The smallest absolute Gasteiger partial charge is 0.149 e. The lowest BCUT2D eigenvalue weighted by atomic mass is 10.6. The van der Waals surface area contributed by atoms with E-state index in [1.165, 1.54) is 0 Å². The molecule has 0 N–H and O–H groups in total. The van der Waals surface area contributed by atoms with Crippen molar-refractivity contribution in [3.63, 3.8) is 0 Å². The molecule has 1 rings (SSSR count). The van der Waals surface area contributed by atoms with Crippen LogP contribution in [0.25, 0.3) is 0 Å². The number of rotatable bonds is 4. The fourth-order valence-corrected chi connectivity index (χ4v) is 2.44. The number of thiazole rings is 1. The minimum absolute atomic E-state index is 0.748. The summed E-state index contributed by atoms with van der Waals surface area (Å²) in [6, 6.07) is 0. The van der Waals surface area contributed by atoms with Crippen LogP contribution in [0.5, 0.6) is 0 Å². The van der Waals surface area contributed by atoms with Crippen LogP contribution in [-0.4, -0.2) is 16.6 Å². The van der Waals surface area contributed by atoms with Gasteiger partial charge in [0.15, 0.2) is 0 Å². The Labute approximate surface area is 73.8 Å². The zero-order valence-corrected chi connectivity index (χ0v) is 7.81. The van der Waals surface area contributed by atoms with Gasteiger partial charge in [-0.2, -0.15) is 0 Å². The topological polar surface area (TPSA) is 12.9 Å². The van der Waals surface area contributed by atoms with Crippen molar-refractivity contribution in [1.82, 2.24) is 4.98 Å². The Morgan fingerprint density at radius 3 is 3.20 bits per heavy atom. The molecule has 0 saturated heterocycles. The van der Waals surface area contributed by atoms with Crippen molar-refractivity contribution in [3.8, 4) is 0 Å². The summed E-state index contributed by atoms with van der Waals surface area (Å²) in [5.41, 5.74) is 0. The number of aromatic nitrogens is 1. The van der Waals surface area contributed by atoms with E-state index >= 15 is 0 Å². The second-order valence-electron chi connectivity index (χ2n) is 1.69. The van der Waals surface area contributed by atoms with E-state index in [2.05, 4.69) is 4.98 Å². The van der Waals surface area contributed by atoms with Gasteiger partial charge in [0.05, 0.1) is 0 Å². The second-order valence-corrected chi connectivity index (χ2v) is 4.30. The van der Waals surface area contributed by atoms with E-state index in [1.807, 2.05) is 11.6 Å². The summed E-state index contributed by atoms with van der Waals surface area (Å²) in [6.07, 6.45) is 2.89. The SMILES string of the molecule is ClCCCSc1nccs1. The lowest BCUT2D eigenvalue weighted by Gasteiger charge is -1.91. The van der Waals surface area contributed by atoms with Crippen molar-refractivity contribution in [2.24, 2.45) is 0 Å². The molecule has 0 aliphatic heterocycles. The quantitative estimate of drug-likeness (QED) is 0.415. The molecule has 10 heavy (non-hydrogen) atoms. The van der Waals surface area contributed by atoms with Crippen molar-refractivity contribution in [2.45, 2.75) is 10.8 Å². The first-order valence-corrected chi connectivity index (χ1v) is 5.41. The molecule has 0 aromatic carbocycles. The molecule has 1 heterocycles. The molecule has 0 fully saturated rings. The van der Waals surface area contributed by atoms with Gasteiger partial charge in [-0.3, -0.25) is 0 Å². The van der Waals surface area contributed by atoms with Crippen molar-refractivity contribution in [1.29, 1.82) is 0 Å². The molecule has 4 heteroatoms. The zero-order chi connectivity index (χ0) is 7.23. The first kappa shape index (κ1) is 8.37. The maximum atomic E-state index is 5.51. The molecule has 0 amide bonds. The van der Waals surface area contributed by atoms with Crippen LogP contribution in [0, 0.1) is 0 Å². The summed E-state index contributed by atoms with van der Waals surface area (Å²) >= 11 is 8.97. The average molecular weight is 194 g/mol. The predicted octanol–water partition coefficient (Wildman–Crippen LogP) is 2.86. The highest BCUT2D eigenvalue weighted by atomic mass is 35.5. The van der Waals surface area contributed by atoms with Gasteiger partial charge in [0.2, 0.25) is 0 Å². The third-order valence-electron chi connectivity index (χ3n) is 0.913. The van der Waals surface area contributed by atoms with Crippen LogP contribution < -0.4 is 0 Å². The van der Waals surface area contributed by atoms with Crippen molar-refractivity contribution < 1.29 is 0 Å². The normalized spacial score (nSPS) is 10.1. The van der Waals surface area contributed by atoms with Gasteiger partial charge in [0, 0.05) is 23.2 Å². The monoisotopic (exact) mass is 193 g/mol. The fraction of sp³-hybridized carbons (Fsp3) is 0.500. The maximum absolute atomic E-state index is 5.51. The minimum atomic E-state index is 0.748. The summed E-state index contributed by atoms with van der Waals surface area (Å²) in [4.78, 5) is 4.13. The number of halogens is 1. The largest absolute Gasteiger partial charge is 0.238 e. The van der Waals surface area contributed by atoms with E-state index in [9.17, 15) is 0 Å². The van der Waals surface area contributed by atoms with Crippen LogP contribution in [-0.2, 0) is 0 Å². The molecule has 0 atom stereocenters. The van der Waals surface area contributed by atoms with Crippen LogP contribution in [0.3, 0.4) is 0 Å². The molecular formula is C6H8ClNS2. The van der Waals surface area contributed by atoms with E-state index in [0.29, 0.717) is 0 Å². The number of thioether (sulfide) groups is 1. The highest BCUT2D eigenvalue weighted by Gasteiger charge is 1.93. The summed E-state index contributed by atoms with van der Waals surface area (Å²) in [7, 11) is 0. The van der Waals surface area contributed by atoms with Gasteiger partial charge >= 0.3 is 0 Å². The molecule has 0 aliphatic rings. The van der Waals surface area contributed by atoms with Crippen molar-refractivity contribution >= 4 is 34.7 Å². The van der Waals surface area contributed by atoms with E-state index in [-0.39, 0.29) is 0 Å². The van der Waals surface area contributed by atoms with Crippen LogP contribution in [0.4, 0.5) is 0 Å². The number of hydrogen-bond donors (Lipinski definition) is 0. The molecule has 56 valence electrons. The Hall–Kier alpha value is 0.270. The van der Waals surface area contributed by atoms with Crippen LogP contribution in [0.15, 0.2) is 15.9 Å². The lowest BCUT2D eigenvalue weighted by Crippen LogP contribution is -1.78. The van der Waals surface area contributed by atoms with Crippen LogP contribution >= 0.6 is 34.7 Å². The molecule has 0 aliphatic carbocycles. The number of alkyl halides is 1. The second kappa shape index (κ2) is 4.99. The molecule has 0 unspecified atom stereocenters. The maximum Gasteiger partial charge on any atom is 0.149 e. The van der Waals surface area contributed by atoms with Gasteiger partial charge in [-0.05, 0) is 6.42 Å². The zero-order valence-electron chi connectivity index (χ0n) is 5.42. The number of nitrogens with zero attached hydrogens (tertiary/aromatic N) is 1. The number of hydrogen-bond acceptors (Lipinski definition) is 3. The molecule has 0 bridgehead atoms. The van der Waals surface area contributed by atoms with E-state index in [4.69, 9.17) is 11.6 Å². The van der Waals surface area contributed by atoms with Crippen molar-refractivity contribution in [3.05, 3.63) is 11.6 Å². The summed E-state index contributed by atoms with van der Waals surface area (Å²) in [5.74, 6) is 1.83. The molecule has 1 aromatic rings. The molecule has 1 aromatic heterocycles. The molecule has 0 radical (unpaired) electrons. The summed E-state index contributed by atoms with van der Waals surface area (Å²) < 4.78 is 1.14. The van der Waals surface area contributed by atoms with Crippen molar-refractivity contribution in [2.75, 3.05) is 11.6 Å². The fourth-order valence-electron chi connectivity index (χ4n) is 0.496. The van der Waals surface area contributed by atoms with Gasteiger partial charge in [-0.1, -0.05) is 11.8 Å². The third kappa shape index (κ3) is 2.90. The van der Waals surface area contributed by atoms with Crippen LogP contribution in [0.2, 0.25) is 0 Å². The first-order chi connectivity index (χ1) is 4.93. The Balaban J connectivity index is 2.15. The van der Waals surface area contributed by atoms with Crippen LogP contribution in [0.1, 0.15) is 6.42 Å². The standard InChI is InChI=1S/C6H8ClNS2/c7-2-1-4-9-6-8-3-5-10-6/h3,5H,1-2,4H2. The van der Waals surface area contributed by atoms with Gasteiger partial charge < -0.3 is 0 Å². The average Bonchev–Trinajstić information content (AvgIpc) is 2.41. The Bertz CT molecular complexity index is 164. The van der Waals surface area contributed by atoms with E-state index in [0.717, 1.165) is 22.4 Å². The Kier molecular flexibility index (Phi) is 4.18. The van der Waals surface area contributed by atoms with E-state index < -0.39 is 0 Å². The molecule has 0 spiro atoms.